The number of hydrogen-bond acceptors (Lipinski definition) is 6. The standard InChI is InChI=1S/C24H26N6O2/c1-16-7-6-10-21-22(16)27-24(32-21)28-13-14-29(18(3)17(2)15-28)23(31)19-8-4-5-9-20(19)30-25-11-12-26-30/h4-12,17-18H,13-15H2,1-3H3. The predicted octanol–water partition coefficient (Wildman–Crippen LogP) is 3.70. The van der Waals surface area contributed by atoms with Crippen LogP contribution in [0.5, 0.6) is 0 Å². The van der Waals surface area contributed by atoms with Crippen LogP contribution in [-0.4, -0.2) is 56.5 Å². The number of rotatable bonds is 3. The molecule has 0 spiro atoms. The van der Waals surface area contributed by atoms with Gasteiger partial charge in [-0.1, -0.05) is 31.2 Å². The number of carbonyl (C=O) groups is 1. The molecular weight excluding hydrogens is 404 g/mol. The number of anilines is 1. The highest BCUT2D eigenvalue weighted by atomic mass is 16.4. The number of fused-ring (bicyclic) bond motifs is 1. The highest BCUT2D eigenvalue weighted by Crippen LogP contribution is 2.28. The van der Waals surface area contributed by atoms with Gasteiger partial charge in [0.05, 0.1) is 23.6 Å². The van der Waals surface area contributed by atoms with E-state index in [0.717, 1.165) is 23.2 Å². The highest BCUT2D eigenvalue weighted by molar-refractivity contribution is 5.98. The summed E-state index contributed by atoms with van der Waals surface area (Å²) in [5, 5.41) is 8.43. The van der Waals surface area contributed by atoms with E-state index in [9.17, 15) is 4.79 Å². The Morgan fingerprint density at radius 1 is 1.03 bits per heavy atom. The first-order valence-electron chi connectivity index (χ1n) is 10.9. The molecule has 4 aromatic rings. The number of aryl methyl sites for hydroxylation is 1. The van der Waals surface area contributed by atoms with Crippen molar-refractivity contribution < 1.29 is 9.21 Å². The summed E-state index contributed by atoms with van der Waals surface area (Å²) in [4.78, 5) is 24.0. The second-order valence-corrected chi connectivity index (χ2v) is 8.42. The van der Waals surface area contributed by atoms with E-state index in [1.54, 1.807) is 12.4 Å². The molecule has 0 bridgehead atoms. The van der Waals surface area contributed by atoms with Gasteiger partial charge in [0, 0.05) is 25.7 Å². The zero-order valence-electron chi connectivity index (χ0n) is 18.5. The van der Waals surface area contributed by atoms with Crippen molar-refractivity contribution in [3.8, 4) is 5.69 Å². The van der Waals surface area contributed by atoms with Crippen LogP contribution in [0.3, 0.4) is 0 Å². The van der Waals surface area contributed by atoms with Crippen molar-refractivity contribution in [2.75, 3.05) is 24.5 Å². The van der Waals surface area contributed by atoms with Crippen LogP contribution in [0.2, 0.25) is 0 Å². The second kappa shape index (κ2) is 8.11. The van der Waals surface area contributed by atoms with E-state index in [2.05, 4.69) is 28.9 Å². The lowest BCUT2D eigenvalue weighted by Crippen LogP contribution is -2.42. The Bertz CT molecular complexity index is 1250. The average molecular weight is 431 g/mol. The largest absolute Gasteiger partial charge is 0.423 e. The van der Waals surface area contributed by atoms with E-state index in [1.807, 2.05) is 54.3 Å². The van der Waals surface area contributed by atoms with Crippen molar-refractivity contribution in [2.24, 2.45) is 5.92 Å². The van der Waals surface area contributed by atoms with Gasteiger partial charge in [-0.05, 0) is 43.5 Å². The fourth-order valence-corrected chi connectivity index (χ4v) is 4.32. The van der Waals surface area contributed by atoms with Crippen LogP contribution in [0, 0.1) is 12.8 Å². The number of aromatic nitrogens is 4. The molecule has 1 amide bonds. The lowest BCUT2D eigenvalue weighted by Gasteiger charge is -2.30. The zero-order valence-corrected chi connectivity index (χ0v) is 18.5. The van der Waals surface area contributed by atoms with Gasteiger partial charge in [0.1, 0.15) is 5.52 Å². The quantitative estimate of drug-likeness (QED) is 0.493. The van der Waals surface area contributed by atoms with E-state index in [4.69, 9.17) is 9.40 Å². The van der Waals surface area contributed by atoms with Gasteiger partial charge in [-0.25, -0.2) is 0 Å². The molecule has 0 saturated carbocycles. The molecule has 164 valence electrons. The first-order chi connectivity index (χ1) is 15.5. The molecule has 2 aromatic heterocycles. The second-order valence-electron chi connectivity index (χ2n) is 8.42. The maximum atomic E-state index is 13.7. The van der Waals surface area contributed by atoms with Crippen molar-refractivity contribution in [3.63, 3.8) is 0 Å². The molecule has 2 aromatic carbocycles. The molecule has 1 fully saturated rings. The molecule has 5 rings (SSSR count). The molecule has 1 aliphatic rings. The van der Waals surface area contributed by atoms with Gasteiger partial charge in [-0.2, -0.15) is 20.0 Å². The third-order valence-electron chi connectivity index (χ3n) is 6.34. The molecule has 0 radical (unpaired) electrons. The summed E-state index contributed by atoms with van der Waals surface area (Å²) in [6, 6.07) is 14.1. The van der Waals surface area contributed by atoms with Gasteiger partial charge in [0.15, 0.2) is 5.58 Å². The molecule has 8 nitrogen and oxygen atoms in total. The lowest BCUT2D eigenvalue weighted by molar-refractivity contribution is 0.0670. The number of carbonyl (C=O) groups excluding carboxylic acids is 1. The fourth-order valence-electron chi connectivity index (χ4n) is 4.32. The Morgan fingerprint density at radius 2 is 1.81 bits per heavy atom. The van der Waals surface area contributed by atoms with Gasteiger partial charge >= 0.3 is 0 Å². The van der Waals surface area contributed by atoms with E-state index in [-0.39, 0.29) is 17.9 Å². The minimum atomic E-state index is -0.0208. The fraction of sp³-hybridized carbons (Fsp3) is 0.333. The van der Waals surface area contributed by atoms with Gasteiger partial charge in [-0.15, -0.1) is 0 Å². The normalized spacial score (nSPS) is 19.3. The third kappa shape index (κ3) is 3.51. The van der Waals surface area contributed by atoms with E-state index in [0.29, 0.717) is 30.4 Å². The Kier molecular flexibility index (Phi) is 5.13. The average Bonchev–Trinajstić information content (AvgIpc) is 3.46. The van der Waals surface area contributed by atoms with Crippen molar-refractivity contribution in [1.29, 1.82) is 0 Å². The van der Waals surface area contributed by atoms with E-state index in [1.165, 1.54) is 4.80 Å². The Labute approximate surface area is 186 Å². The Hall–Kier alpha value is -3.68. The molecule has 3 heterocycles. The molecule has 1 saturated heterocycles. The zero-order chi connectivity index (χ0) is 22.2. The molecule has 8 heteroatoms. The van der Waals surface area contributed by atoms with Crippen LogP contribution in [-0.2, 0) is 0 Å². The summed E-state index contributed by atoms with van der Waals surface area (Å²) in [5.74, 6) is 0.208. The number of amides is 1. The summed E-state index contributed by atoms with van der Waals surface area (Å²) in [6.45, 7) is 8.29. The summed E-state index contributed by atoms with van der Waals surface area (Å²) < 4.78 is 6.07. The molecule has 2 unspecified atom stereocenters. The molecule has 0 N–H and O–H groups in total. The maximum Gasteiger partial charge on any atom is 0.298 e. The van der Waals surface area contributed by atoms with Gasteiger partial charge in [-0.3, -0.25) is 4.79 Å². The van der Waals surface area contributed by atoms with Crippen molar-refractivity contribution in [3.05, 3.63) is 66.0 Å². The number of benzene rings is 2. The first-order valence-corrected chi connectivity index (χ1v) is 10.9. The van der Waals surface area contributed by atoms with Crippen molar-refractivity contribution >= 4 is 23.0 Å². The minimum absolute atomic E-state index is 0.0208. The Morgan fingerprint density at radius 3 is 2.59 bits per heavy atom. The summed E-state index contributed by atoms with van der Waals surface area (Å²) >= 11 is 0. The SMILES string of the molecule is Cc1cccc2oc(N3CCN(C(=O)c4ccccc4-n4nccn4)C(C)C(C)C3)nc12. The first kappa shape index (κ1) is 20.2. The van der Waals surface area contributed by atoms with Crippen LogP contribution in [0.1, 0.15) is 29.8 Å². The summed E-state index contributed by atoms with van der Waals surface area (Å²) in [5.41, 5.74) is 4.04. The molecule has 0 aliphatic carbocycles. The van der Waals surface area contributed by atoms with Crippen LogP contribution in [0.25, 0.3) is 16.8 Å². The number of hydrogen-bond donors (Lipinski definition) is 0. The topological polar surface area (TPSA) is 80.3 Å². The van der Waals surface area contributed by atoms with Crippen molar-refractivity contribution in [1.82, 2.24) is 24.9 Å². The highest BCUT2D eigenvalue weighted by Gasteiger charge is 2.33. The van der Waals surface area contributed by atoms with Gasteiger partial charge in [0.2, 0.25) is 0 Å². The van der Waals surface area contributed by atoms with Crippen LogP contribution in [0.15, 0.2) is 59.3 Å². The van der Waals surface area contributed by atoms with Crippen LogP contribution >= 0.6 is 0 Å². The smallest absolute Gasteiger partial charge is 0.298 e. The van der Waals surface area contributed by atoms with Crippen LogP contribution < -0.4 is 4.90 Å². The lowest BCUT2D eigenvalue weighted by atomic mass is 10.0. The number of nitrogens with zero attached hydrogens (tertiary/aromatic N) is 6. The summed E-state index contributed by atoms with van der Waals surface area (Å²) in [6.07, 6.45) is 3.22. The van der Waals surface area contributed by atoms with E-state index < -0.39 is 0 Å². The third-order valence-corrected chi connectivity index (χ3v) is 6.34. The molecular formula is C24H26N6O2. The van der Waals surface area contributed by atoms with Crippen LogP contribution in [0.4, 0.5) is 6.01 Å². The van der Waals surface area contributed by atoms with Gasteiger partial charge in [0.25, 0.3) is 11.9 Å². The number of para-hydroxylation sites is 2. The molecule has 32 heavy (non-hydrogen) atoms. The predicted molar refractivity (Wildman–Crippen MR) is 122 cm³/mol. The monoisotopic (exact) mass is 430 g/mol. The Balaban J connectivity index is 1.43. The molecule has 1 aliphatic heterocycles. The van der Waals surface area contributed by atoms with Gasteiger partial charge < -0.3 is 14.2 Å². The van der Waals surface area contributed by atoms with E-state index >= 15 is 0 Å². The van der Waals surface area contributed by atoms with Crippen molar-refractivity contribution in [2.45, 2.75) is 26.8 Å². The minimum Gasteiger partial charge on any atom is -0.423 e. The molecule has 2 atom stereocenters. The maximum absolute atomic E-state index is 13.7. The number of oxazole rings is 1. The summed E-state index contributed by atoms with van der Waals surface area (Å²) in [7, 11) is 0.